The monoisotopic (exact) mass is 238 g/mol. The number of nitrogens with zero attached hydrogens (tertiary/aromatic N) is 1. The first-order valence-corrected chi connectivity index (χ1v) is 7.40. The van der Waals surface area contributed by atoms with Crippen molar-refractivity contribution < 1.29 is 4.74 Å². The van der Waals surface area contributed by atoms with Crippen LogP contribution in [0.2, 0.25) is 0 Å². The summed E-state index contributed by atoms with van der Waals surface area (Å²) < 4.78 is 6.40. The van der Waals surface area contributed by atoms with Gasteiger partial charge in [-0.3, -0.25) is 4.90 Å². The molecule has 1 N–H and O–H groups in total. The predicted molar refractivity (Wildman–Crippen MR) is 69.2 cm³/mol. The first-order valence-electron chi connectivity index (χ1n) is 7.40. The fourth-order valence-electron chi connectivity index (χ4n) is 3.83. The molecule has 98 valence electrons. The van der Waals surface area contributed by atoms with Crippen molar-refractivity contribution in [1.82, 2.24) is 10.2 Å². The van der Waals surface area contributed by atoms with Crippen LogP contribution in [0.5, 0.6) is 0 Å². The summed E-state index contributed by atoms with van der Waals surface area (Å²) in [5.74, 6) is 0. The maximum Gasteiger partial charge on any atom is 0.0710 e. The predicted octanol–water partition coefficient (Wildman–Crippen LogP) is 1.77. The Morgan fingerprint density at radius 2 is 2.12 bits per heavy atom. The maximum absolute atomic E-state index is 6.40. The van der Waals surface area contributed by atoms with Crippen molar-refractivity contribution in [2.75, 3.05) is 26.2 Å². The van der Waals surface area contributed by atoms with E-state index in [1.165, 1.54) is 45.1 Å². The molecule has 1 spiro atoms. The number of rotatable bonds is 2. The number of ether oxygens (including phenoxy) is 1. The van der Waals surface area contributed by atoms with Crippen molar-refractivity contribution in [3.63, 3.8) is 0 Å². The molecule has 3 nitrogen and oxygen atoms in total. The summed E-state index contributed by atoms with van der Waals surface area (Å²) in [5, 5.41) is 3.46. The van der Waals surface area contributed by atoms with Crippen molar-refractivity contribution in [3.05, 3.63) is 0 Å². The third-order valence-electron chi connectivity index (χ3n) is 4.93. The van der Waals surface area contributed by atoms with Gasteiger partial charge in [-0.05, 0) is 32.6 Å². The molecule has 1 saturated carbocycles. The number of hydrogen-bond donors (Lipinski definition) is 1. The SMILES string of the molecule is C[C@@H]1CNCCN1CC1CCC2(CCCC2)O1. The molecule has 2 saturated heterocycles. The van der Waals surface area contributed by atoms with Crippen LogP contribution < -0.4 is 5.32 Å². The average Bonchev–Trinajstić information content (AvgIpc) is 2.94. The van der Waals surface area contributed by atoms with Crippen molar-refractivity contribution in [2.45, 2.75) is 63.2 Å². The van der Waals surface area contributed by atoms with Crippen molar-refractivity contribution >= 4 is 0 Å². The van der Waals surface area contributed by atoms with Crippen LogP contribution in [0, 0.1) is 0 Å². The van der Waals surface area contributed by atoms with Crippen LogP contribution in [0.3, 0.4) is 0 Å². The van der Waals surface area contributed by atoms with Gasteiger partial charge in [0.1, 0.15) is 0 Å². The first-order chi connectivity index (χ1) is 8.27. The Kier molecular flexibility index (Phi) is 3.42. The lowest BCUT2D eigenvalue weighted by Crippen LogP contribution is -2.52. The van der Waals surface area contributed by atoms with Crippen molar-refractivity contribution in [3.8, 4) is 0 Å². The molecule has 2 atom stereocenters. The third-order valence-corrected chi connectivity index (χ3v) is 4.93. The maximum atomic E-state index is 6.40. The zero-order valence-corrected chi connectivity index (χ0v) is 11.1. The van der Waals surface area contributed by atoms with Gasteiger partial charge < -0.3 is 10.1 Å². The zero-order valence-electron chi connectivity index (χ0n) is 11.1. The molecule has 3 aliphatic rings. The van der Waals surface area contributed by atoms with Gasteiger partial charge in [-0.15, -0.1) is 0 Å². The van der Waals surface area contributed by atoms with Crippen LogP contribution in [0.15, 0.2) is 0 Å². The van der Waals surface area contributed by atoms with Gasteiger partial charge >= 0.3 is 0 Å². The molecule has 0 bridgehead atoms. The number of hydrogen-bond acceptors (Lipinski definition) is 3. The summed E-state index contributed by atoms with van der Waals surface area (Å²) in [6, 6.07) is 0.674. The second-order valence-electron chi connectivity index (χ2n) is 6.22. The minimum absolute atomic E-state index is 0.307. The Bertz CT molecular complexity index is 263. The summed E-state index contributed by atoms with van der Waals surface area (Å²) in [5.41, 5.74) is 0.307. The molecule has 0 aromatic rings. The largest absolute Gasteiger partial charge is 0.370 e. The van der Waals surface area contributed by atoms with Crippen LogP contribution in [0.4, 0.5) is 0 Å². The fourth-order valence-corrected chi connectivity index (χ4v) is 3.83. The van der Waals surface area contributed by atoms with E-state index in [9.17, 15) is 0 Å². The van der Waals surface area contributed by atoms with Crippen molar-refractivity contribution in [2.24, 2.45) is 0 Å². The lowest BCUT2D eigenvalue weighted by molar-refractivity contribution is -0.0521. The molecule has 1 aliphatic carbocycles. The molecule has 3 fully saturated rings. The summed E-state index contributed by atoms with van der Waals surface area (Å²) in [6.07, 6.45) is 8.53. The van der Waals surface area contributed by atoms with Gasteiger partial charge in [-0.1, -0.05) is 12.8 Å². The van der Waals surface area contributed by atoms with Crippen LogP contribution in [-0.4, -0.2) is 48.8 Å². The molecule has 2 aliphatic heterocycles. The molecule has 0 aromatic carbocycles. The van der Waals surface area contributed by atoms with Crippen LogP contribution in [-0.2, 0) is 4.74 Å². The van der Waals surface area contributed by atoms with E-state index < -0.39 is 0 Å². The standard InChI is InChI=1S/C14H26N2O/c1-12-10-15-8-9-16(12)11-13-4-7-14(17-13)5-2-3-6-14/h12-13,15H,2-11H2,1H3/t12-,13?/m1/s1. The minimum atomic E-state index is 0.307. The summed E-state index contributed by atoms with van der Waals surface area (Å²) in [7, 11) is 0. The zero-order chi connectivity index (χ0) is 11.7. The Hall–Kier alpha value is -0.120. The van der Waals surface area contributed by atoms with Gasteiger partial charge in [0.15, 0.2) is 0 Å². The lowest BCUT2D eigenvalue weighted by atomic mass is 9.98. The average molecular weight is 238 g/mol. The Labute approximate surface area is 105 Å². The Balaban J connectivity index is 1.52. The van der Waals surface area contributed by atoms with E-state index in [0.29, 0.717) is 17.7 Å². The van der Waals surface area contributed by atoms with Crippen LogP contribution in [0.25, 0.3) is 0 Å². The summed E-state index contributed by atoms with van der Waals surface area (Å²) >= 11 is 0. The number of nitrogens with one attached hydrogen (secondary N) is 1. The van der Waals surface area contributed by atoms with E-state index >= 15 is 0 Å². The topological polar surface area (TPSA) is 24.5 Å². The normalized spacial score (nSPS) is 37.9. The van der Waals surface area contributed by atoms with E-state index in [1.54, 1.807) is 0 Å². The Morgan fingerprint density at radius 3 is 2.88 bits per heavy atom. The second-order valence-corrected chi connectivity index (χ2v) is 6.22. The summed E-state index contributed by atoms with van der Waals surface area (Å²) in [6.45, 7) is 6.95. The van der Waals surface area contributed by atoms with E-state index in [0.717, 1.165) is 19.6 Å². The minimum Gasteiger partial charge on any atom is -0.370 e. The Morgan fingerprint density at radius 1 is 1.29 bits per heavy atom. The van der Waals surface area contributed by atoms with Gasteiger partial charge in [0, 0.05) is 32.2 Å². The fraction of sp³-hybridized carbons (Fsp3) is 1.00. The van der Waals surface area contributed by atoms with E-state index in [2.05, 4.69) is 17.1 Å². The molecular formula is C14H26N2O. The van der Waals surface area contributed by atoms with Crippen molar-refractivity contribution in [1.29, 1.82) is 0 Å². The molecular weight excluding hydrogens is 212 g/mol. The highest BCUT2D eigenvalue weighted by atomic mass is 16.5. The lowest BCUT2D eigenvalue weighted by Gasteiger charge is -2.36. The summed E-state index contributed by atoms with van der Waals surface area (Å²) in [4.78, 5) is 2.61. The van der Waals surface area contributed by atoms with E-state index in [1.807, 2.05) is 0 Å². The second kappa shape index (κ2) is 4.87. The molecule has 0 amide bonds. The van der Waals surface area contributed by atoms with Gasteiger partial charge in [0.2, 0.25) is 0 Å². The van der Waals surface area contributed by atoms with E-state index in [4.69, 9.17) is 4.74 Å². The van der Waals surface area contributed by atoms with Gasteiger partial charge in [-0.25, -0.2) is 0 Å². The quantitative estimate of drug-likeness (QED) is 0.793. The molecule has 3 rings (SSSR count). The highest BCUT2D eigenvalue weighted by Crippen LogP contribution is 2.43. The molecule has 0 radical (unpaired) electrons. The van der Waals surface area contributed by atoms with Crippen LogP contribution >= 0.6 is 0 Å². The molecule has 17 heavy (non-hydrogen) atoms. The smallest absolute Gasteiger partial charge is 0.0710 e. The highest BCUT2D eigenvalue weighted by molar-refractivity contribution is 4.94. The van der Waals surface area contributed by atoms with E-state index in [-0.39, 0.29) is 0 Å². The third kappa shape index (κ3) is 2.51. The molecule has 1 unspecified atom stereocenters. The molecule has 3 heteroatoms. The van der Waals surface area contributed by atoms with Gasteiger partial charge in [-0.2, -0.15) is 0 Å². The van der Waals surface area contributed by atoms with Gasteiger partial charge in [0.25, 0.3) is 0 Å². The van der Waals surface area contributed by atoms with Gasteiger partial charge in [0.05, 0.1) is 11.7 Å². The number of piperazine rings is 1. The first kappa shape index (κ1) is 11.9. The highest BCUT2D eigenvalue weighted by Gasteiger charge is 2.42. The molecule has 0 aromatic heterocycles. The molecule has 2 heterocycles. The van der Waals surface area contributed by atoms with Crippen LogP contribution in [0.1, 0.15) is 45.4 Å².